The monoisotopic (exact) mass is 489 g/mol. The number of urea groups is 1. The van der Waals surface area contributed by atoms with E-state index in [4.69, 9.17) is 0 Å². The molecule has 5 aromatic carbocycles. The van der Waals surface area contributed by atoms with Gasteiger partial charge in [-0.2, -0.15) is 0 Å². The minimum atomic E-state index is -1.28. The fraction of sp³-hybridized carbons (Fsp3) is 0.167. The summed E-state index contributed by atoms with van der Waals surface area (Å²) in [6.45, 7) is 0.278. The van der Waals surface area contributed by atoms with Gasteiger partial charge in [-0.15, -0.1) is 0 Å². The third-order valence-electron chi connectivity index (χ3n) is 7.98. The van der Waals surface area contributed by atoms with Gasteiger partial charge in [0.1, 0.15) is 11.6 Å². The van der Waals surface area contributed by atoms with Crippen molar-refractivity contribution in [3.05, 3.63) is 90.5 Å². The third kappa shape index (κ3) is 3.01. The van der Waals surface area contributed by atoms with E-state index < -0.39 is 29.5 Å². The number of carboxylic acids is 1. The lowest BCUT2D eigenvalue weighted by Crippen LogP contribution is -2.51. The van der Waals surface area contributed by atoms with Gasteiger partial charge in [-0.3, -0.25) is 9.59 Å². The topological polar surface area (TPSA) is 90.0 Å². The predicted octanol–water partition coefficient (Wildman–Crippen LogP) is 4.74. The van der Waals surface area contributed by atoms with Gasteiger partial charge in [0, 0.05) is 19.5 Å². The van der Waals surface area contributed by atoms with Gasteiger partial charge in [0.15, 0.2) is 0 Å². The lowest BCUT2D eigenvalue weighted by atomic mass is 9.90. The molecular formula is C30H23N3O4. The van der Waals surface area contributed by atoms with E-state index in [1.165, 1.54) is 10.3 Å². The molecule has 2 atom stereocenters. The quantitative estimate of drug-likeness (QED) is 0.281. The number of benzene rings is 5. The van der Waals surface area contributed by atoms with Crippen LogP contribution in [0.25, 0.3) is 32.3 Å². The molecule has 7 heteroatoms. The van der Waals surface area contributed by atoms with E-state index in [2.05, 4.69) is 47.8 Å². The number of nitrogens with one attached hydrogen (secondary N) is 1. The van der Waals surface area contributed by atoms with E-state index in [0.717, 1.165) is 32.5 Å². The molecular weight excluding hydrogens is 466 g/mol. The maximum absolute atomic E-state index is 13.9. The molecule has 2 heterocycles. The molecule has 3 amide bonds. The number of anilines is 1. The van der Waals surface area contributed by atoms with Crippen molar-refractivity contribution < 1.29 is 19.5 Å². The minimum Gasteiger partial charge on any atom is -0.480 e. The Morgan fingerprint density at radius 2 is 1.54 bits per heavy atom. The summed E-state index contributed by atoms with van der Waals surface area (Å²) in [7, 11) is 0. The van der Waals surface area contributed by atoms with Crippen LogP contribution in [0.2, 0.25) is 0 Å². The zero-order chi connectivity index (χ0) is 25.3. The van der Waals surface area contributed by atoms with E-state index in [-0.39, 0.29) is 19.5 Å². The van der Waals surface area contributed by atoms with Gasteiger partial charge < -0.3 is 15.3 Å². The van der Waals surface area contributed by atoms with Crippen molar-refractivity contribution in [3.8, 4) is 0 Å². The van der Waals surface area contributed by atoms with Crippen LogP contribution in [-0.4, -0.2) is 46.0 Å². The summed E-state index contributed by atoms with van der Waals surface area (Å²) in [5.41, 5.74) is 0.119. The van der Waals surface area contributed by atoms with E-state index in [9.17, 15) is 19.5 Å². The fourth-order valence-electron chi connectivity index (χ4n) is 6.16. The van der Waals surface area contributed by atoms with Crippen molar-refractivity contribution in [2.24, 2.45) is 0 Å². The smallest absolute Gasteiger partial charge is 0.332 e. The van der Waals surface area contributed by atoms with E-state index >= 15 is 0 Å². The number of para-hydroxylation sites is 1. The molecule has 0 bridgehead atoms. The van der Waals surface area contributed by atoms with Gasteiger partial charge in [-0.25, -0.2) is 9.69 Å². The zero-order valence-corrected chi connectivity index (χ0v) is 19.8. The maximum atomic E-state index is 13.9. The second-order valence-electron chi connectivity index (χ2n) is 9.93. The fourth-order valence-corrected chi connectivity index (χ4v) is 6.16. The van der Waals surface area contributed by atoms with Gasteiger partial charge >= 0.3 is 12.0 Å². The average Bonchev–Trinajstić information content (AvgIpc) is 3.45. The molecule has 182 valence electrons. The molecule has 0 unspecified atom stereocenters. The van der Waals surface area contributed by atoms with Crippen LogP contribution in [0.3, 0.4) is 0 Å². The van der Waals surface area contributed by atoms with Crippen LogP contribution in [0.1, 0.15) is 12.0 Å². The lowest BCUT2D eigenvalue weighted by molar-refractivity contribution is -0.139. The number of aliphatic carboxylic acids is 1. The Labute approximate surface area is 212 Å². The Kier molecular flexibility index (Phi) is 4.56. The highest BCUT2D eigenvalue weighted by atomic mass is 16.4. The molecule has 7 rings (SSSR count). The Morgan fingerprint density at radius 3 is 2.24 bits per heavy atom. The van der Waals surface area contributed by atoms with Crippen molar-refractivity contribution in [2.75, 3.05) is 11.4 Å². The average molecular weight is 490 g/mol. The van der Waals surface area contributed by atoms with E-state index in [0.29, 0.717) is 5.69 Å². The Hall–Kier alpha value is -4.49. The Morgan fingerprint density at radius 1 is 0.865 bits per heavy atom. The number of imide groups is 1. The molecule has 2 aliphatic heterocycles. The number of amides is 3. The van der Waals surface area contributed by atoms with Crippen LogP contribution in [0.15, 0.2) is 84.9 Å². The van der Waals surface area contributed by atoms with Crippen molar-refractivity contribution >= 4 is 55.9 Å². The molecule has 0 saturated carbocycles. The number of carbonyl (C=O) groups is 3. The van der Waals surface area contributed by atoms with Gasteiger partial charge in [0.05, 0.1) is 5.69 Å². The Bertz CT molecular complexity index is 1720. The normalized spacial score (nSPS) is 21.9. The molecule has 2 saturated heterocycles. The molecule has 2 fully saturated rings. The Balaban J connectivity index is 1.38. The minimum absolute atomic E-state index is 0.0159. The largest absolute Gasteiger partial charge is 0.480 e. The molecule has 2 N–H and O–H groups in total. The highest BCUT2D eigenvalue weighted by Crippen LogP contribution is 2.41. The summed E-state index contributed by atoms with van der Waals surface area (Å²) >= 11 is 0. The first-order chi connectivity index (χ1) is 18.0. The number of carbonyl (C=O) groups excluding carboxylic acids is 2. The van der Waals surface area contributed by atoms with Gasteiger partial charge in [0.25, 0.3) is 5.91 Å². The first-order valence-electron chi connectivity index (χ1n) is 12.3. The number of hydrogen-bond donors (Lipinski definition) is 2. The zero-order valence-electron chi connectivity index (χ0n) is 19.8. The highest BCUT2D eigenvalue weighted by molar-refractivity contribution is 6.25. The summed E-state index contributed by atoms with van der Waals surface area (Å²) in [5.74, 6) is -1.42. The van der Waals surface area contributed by atoms with Crippen molar-refractivity contribution in [1.82, 2.24) is 10.2 Å². The molecule has 2 aliphatic rings. The highest BCUT2D eigenvalue weighted by Gasteiger charge is 2.61. The lowest BCUT2D eigenvalue weighted by Gasteiger charge is -2.31. The molecule has 0 aromatic heterocycles. The molecule has 5 aromatic rings. The van der Waals surface area contributed by atoms with Gasteiger partial charge in [0.2, 0.25) is 0 Å². The maximum Gasteiger partial charge on any atom is 0.332 e. The summed E-state index contributed by atoms with van der Waals surface area (Å²) in [5, 5.41) is 19.4. The summed E-state index contributed by atoms with van der Waals surface area (Å²) in [6.07, 6.45) is 0.0159. The van der Waals surface area contributed by atoms with Gasteiger partial charge in [-0.1, -0.05) is 72.8 Å². The van der Waals surface area contributed by atoms with Crippen LogP contribution in [-0.2, 0) is 16.1 Å². The van der Waals surface area contributed by atoms with Crippen molar-refractivity contribution in [2.45, 2.75) is 24.5 Å². The molecule has 37 heavy (non-hydrogen) atoms. The summed E-state index contributed by atoms with van der Waals surface area (Å²) in [4.78, 5) is 42.4. The van der Waals surface area contributed by atoms with Crippen LogP contribution >= 0.6 is 0 Å². The van der Waals surface area contributed by atoms with Gasteiger partial charge in [-0.05, 0) is 50.0 Å². The number of carboxylic acid groups (broad SMARTS) is 1. The van der Waals surface area contributed by atoms with E-state index in [1.807, 2.05) is 18.2 Å². The predicted molar refractivity (Wildman–Crippen MR) is 142 cm³/mol. The summed E-state index contributed by atoms with van der Waals surface area (Å²) < 4.78 is 0. The first-order valence-corrected chi connectivity index (χ1v) is 12.3. The first kappa shape index (κ1) is 21.8. The van der Waals surface area contributed by atoms with E-state index in [1.54, 1.807) is 29.2 Å². The van der Waals surface area contributed by atoms with Crippen LogP contribution in [0, 0.1) is 0 Å². The number of rotatable bonds is 4. The van der Waals surface area contributed by atoms with Crippen LogP contribution < -0.4 is 10.2 Å². The molecule has 0 radical (unpaired) electrons. The standard InChI is InChI=1S/C30H23N3O4/c34-27(35)24-15-30(17-31-24)28(36)33(22-7-2-1-3-8-22)29(37)32(30)16-21-12-11-20-10-9-18-5-4-6-19-13-14-23(21)26(20)25(18)19/h1-14,24,31H,15-17H2,(H,34,35)/t24-,30-/m0/s1. The van der Waals surface area contributed by atoms with Crippen molar-refractivity contribution in [1.29, 1.82) is 0 Å². The third-order valence-corrected chi connectivity index (χ3v) is 7.98. The molecule has 0 aliphatic carbocycles. The van der Waals surface area contributed by atoms with Crippen LogP contribution in [0.5, 0.6) is 0 Å². The SMILES string of the molecule is O=C(O)[C@@H]1C[C@]2(CN1)C(=O)N(c1ccccc1)C(=O)N2Cc1ccc2ccc3cccc4ccc1c2c34. The second kappa shape index (κ2) is 7.75. The van der Waals surface area contributed by atoms with Crippen LogP contribution in [0.4, 0.5) is 10.5 Å². The second-order valence-corrected chi connectivity index (χ2v) is 9.93. The van der Waals surface area contributed by atoms with Crippen molar-refractivity contribution in [3.63, 3.8) is 0 Å². The molecule has 7 nitrogen and oxygen atoms in total. The summed E-state index contributed by atoms with van der Waals surface area (Å²) in [6, 6.07) is 26.2. The number of nitrogens with zero attached hydrogens (tertiary/aromatic N) is 2. The molecule has 1 spiro atoms. The number of hydrogen-bond acceptors (Lipinski definition) is 4.